The molecule has 0 bridgehead atoms. The zero-order valence-corrected chi connectivity index (χ0v) is 9.44. The molecule has 0 atom stereocenters. The van der Waals surface area contributed by atoms with Gasteiger partial charge in [0.25, 0.3) is 0 Å². The molecule has 0 unspecified atom stereocenters. The van der Waals surface area contributed by atoms with Crippen LogP contribution in [0.5, 0.6) is 0 Å². The van der Waals surface area contributed by atoms with Gasteiger partial charge in [-0.15, -0.1) is 11.3 Å². The largest absolute Gasteiger partial charge is 0.263 e. The van der Waals surface area contributed by atoms with E-state index in [4.69, 9.17) is 0 Å². The van der Waals surface area contributed by atoms with Gasteiger partial charge in [0.05, 0.1) is 3.79 Å². The number of aromatic nitrogens is 3. The van der Waals surface area contributed by atoms with Crippen molar-refractivity contribution >= 4 is 27.3 Å². The van der Waals surface area contributed by atoms with Crippen molar-refractivity contribution in [3.05, 3.63) is 21.1 Å². The van der Waals surface area contributed by atoms with Gasteiger partial charge in [-0.1, -0.05) is 6.92 Å². The van der Waals surface area contributed by atoms with E-state index in [2.05, 4.69) is 31.1 Å². The van der Waals surface area contributed by atoms with Gasteiger partial charge in [0.2, 0.25) is 0 Å². The summed E-state index contributed by atoms with van der Waals surface area (Å²) >= 11 is 5.04. The molecule has 5 heteroatoms. The van der Waals surface area contributed by atoms with Crippen LogP contribution in [0.2, 0.25) is 0 Å². The summed E-state index contributed by atoms with van der Waals surface area (Å²) in [7, 11) is 0. The molecule has 68 valence electrons. The van der Waals surface area contributed by atoms with Gasteiger partial charge in [-0.2, -0.15) is 5.10 Å². The maximum Gasteiger partial charge on any atom is 0.182 e. The van der Waals surface area contributed by atoms with E-state index in [9.17, 15) is 0 Å². The maximum absolute atomic E-state index is 4.33. The van der Waals surface area contributed by atoms with Crippen molar-refractivity contribution in [3.63, 3.8) is 0 Å². The first-order valence-electron chi connectivity index (χ1n) is 3.95. The van der Waals surface area contributed by atoms with Gasteiger partial charge in [0, 0.05) is 17.4 Å². The van der Waals surface area contributed by atoms with Crippen LogP contribution in [-0.4, -0.2) is 15.2 Å². The van der Waals surface area contributed by atoms with Crippen LogP contribution in [0.4, 0.5) is 0 Å². The molecule has 0 spiro atoms. The van der Waals surface area contributed by atoms with Crippen LogP contribution in [0.1, 0.15) is 12.7 Å². The van der Waals surface area contributed by atoms with Crippen molar-refractivity contribution in [1.29, 1.82) is 0 Å². The summed E-state index contributed by atoms with van der Waals surface area (Å²) in [5.41, 5.74) is 1.06. The zero-order valence-electron chi connectivity index (χ0n) is 7.04. The number of rotatable bonds is 2. The second-order valence-corrected chi connectivity index (χ2v) is 4.89. The highest BCUT2D eigenvalue weighted by Crippen LogP contribution is 2.26. The Labute approximate surface area is 88.3 Å². The fraction of sp³-hybridized carbons (Fsp3) is 0.250. The molecular formula is C8H8BrN3S. The third kappa shape index (κ3) is 1.81. The summed E-state index contributed by atoms with van der Waals surface area (Å²) in [4.78, 5) is 4.33. The highest BCUT2D eigenvalue weighted by Gasteiger charge is 2.06. The van der Waals surface area contributed by atoms with Crippen molar-refractivity contribution in [2.75, 3.05) is 0 Å². The van der Waals surface area contributed by atoms with Crippen molar-refractivity contribution in [1.82, 2.24) is 15.2 Å². The summed E-state index contributed by atoms with van der Waals surface area (Å²) in [5, 5.41) is 9.05. The lowest BCUT2D eigenvalue weighted by molar-refractivity contribution is 0.946. The fourth-order valence-corrected chi connectivity index (χ4v) is 2.14. The van der Waals surface area contributed by atoms with Crippen LogP contribution in [0.25, 0.3) is 11.4 Å². The second-order valence-electron chi connectivity index (χ2n) is 2.60. The Hall–Kier alpha value is -0.680. The smallest absolute Gasteiger partial charge is 0.182 e. The van der Waals surface area contributed by atoms with Crippen LogP contribution >= 0.6 is 27.3 Å². The number of nitrogens with one attached hydrogen (secondary N) is 1. The SMILES string of the molecule is CCc1nc(-c2csc(Br)c2)n[nH]1. The number of H-pyrrole nitrogens is 1. The fourth-order valence-electron chi connectivity index (χ4n) is 1.01. The van der Waals surface area contributed by atoms with Gasteiger partial charge < -0.3 is 0 Å². The molecular weight excluding hydrogens is 250 g/mol. The van der Waals surface area contributed by atoms with Gasteiger partial charge in [0.15, 0.2) is 5.82 Å². The first-order chi connectivity index (χ1) is 6.29. The van der Waals surface area contributed by atoms with E-state index in [-0.39, 0.29) is 0 Å². The molecule has 0 aliphatic heterocycles. The van der Waals surface area contributed by atoms with E-state index in [1.54, 1.807) is 11.3 Å². The van der Waals surface area contributed by atoms with E-state index >= 15 is 0 Å². The van der Waals surface area contributed by atoms with Gasteiger partial charge in [-0.3, -0.25) is 5.10 Å². The van der Waals surface area contributed by atoms with Crippen LogP contribution < -0.4 is 0 Å². The summed E-state index contributed by atoms with van der Waals surface area (Å²) in [6.07, 6.45) is 0.887. The van der Waals surface area contributed by atoms with E-state index in [1.165, 1.54) is 0 Å². The van der Waals surface area contributed by atoms with E-state index in [0.29, 0.717) is 0 Å². The molecule has 0 amide bonds. The minimum absolute atomic E-state index is 0.777. The minimum Gasteiger partial charge on any atom is -0.263 e. The van der Waals surface area contributed by atoms with E-state index < -0.39 is 0 Å². The lowest BCUT2D eigenvalue weighted by Gasteiger charge is -1.84. The van der Waals surface area contributed by atoms with Crippen LogP contribution in [0.15, 0.2) is 15.2 Å². The average molecular weight is 258 g/mol. The summed E-state index contributed by atoms with van der Waals surface area (Å²) in [5.74, 6) is 1.70. The van der Waals surface area contributed by atoms with Crippen LogP contribution in [0, 0.1) is 0 Å². The number of hydrogen-bond acceptors (Lipinski definition) is 3. The Kier molecular flexibility index (Phi) is 2.46. The number of aryl methyl sites for hydroxylation is 1. The molecule has 0 aromatic carbocycles. The molecule has 2 aromatic rings. The topological polar surface area (TPSA) is 41.6 Å². The predicted octanol–water partition coefficient (Wildman–Crippen LogP) is 2.86. The average Bonchev–Trinajstić information content (AvgIpc) is 2.71. The summed E-state index contributed by atoms with van der Waals surface area (Å²) < 4.78 is 1.10. The van der Waals surface area contributed by atoms with Crippen molar-refractivity contribution in [2.45, 2.75) is 13.3 Å². The third-order valence-electron chi connectivity index (χ3n) is 1.69. The first kappa shape index (κ1) is 8.90. The van der Waals surface area contributed by atoms with Gasteiger partial charge >= 0.3 is 0 Å². The Bertz CT molecular complexity index is 407. The Morgan fingerprint density at radius 2 is 2.46 bits per heavy atom. The Morgan fingerprint density at radius 3 is 3.00 bits per heavy atom. The lowest BCUT2D eigenvalue weighted by Crippen LogP contribution is -1.81. The molecule has 2 aromatic heterocycles. The molecule has 2 heterocycles. The molecule has 0 saturated carbocycles. The highest BCUT2D eigenvalue weighted by atomic mass is 79.9. The molecule has 0 aliphatic rings. The standard InChI is InChI=1S/C8H8BrN3S/c1-2-7-10-8(12-11-7)5-3-6(9)13-4-5/h3-4H,2H2,1H3,(H,10,11,12). The van der Waals surface area contributed by atoms with E-state index in [0.717, 1.165) is 27.4 Å². The van der Waals surface area contributed by atoms with Crippen LogP contribution in [0.3, 0.4) is 0 Å². The molecule has 3 nitrogen and oxygen atoms in total. The number of aromatic amines is 1. The normalized spacial score (nSPS) is 10.6. The summed E-state index contributed by atoms with van der Waals surface area (Å²) in [6, 6.07) is 2.02. The molecule has 0 aliphatic carbocycles. The molecule has 0 saturated heterocycles. The van der Waals surface area contributed by atoms with E-state index in [1.807, 2.05) is 18.4 Å². The molecule has 0 fully saturated rings. The quantitative estimate of drug-likeness (QED) is 0.899. The molecule has 1 N–H and O–H groups in total. The monoisotopic (exact) mass is 257 g/mol. The summed E-state index contributed by atoms with van der Waals surface area (Å²) in [6.45, 7) is 2.05. The van der Waals surface area contributed by atoms with Crippen LogP contribution in [-0.2, 0) is 6.42 Å². The predicted molar refractivity (Wildman–Crippen MR) is 56.8 cm³/mol. The van der Waals surface area contributed by atoms with Gasteiger partial charge in [-0.25, -0.2) is 4.98 Å². The number of halogens is 1. The third-order valence-corrected chi connectivity index (χ3v) is 3.20. The number of hydrogen-bond donors (Lipinski definition) is 1. The number of thiophene rings is 1. The van der Waals surface area contributed by atoms with Gasteiger partial charge in [0.1, 0.15) is 5.82 Å². The van der Waals surface area contributed by atoms with Gasteiger partial charge in [-0.05, 0) is 22.0 Å². The zero-order chi connectivity index (χ0) is 9.26. The Morgan fingerprint density at radius 1 is 1.62 bits per heavy atom. The first-order valence-corrected chi connectivity index (χ1v) is 5.62. The number of nitrogens with zero attached hydrogens (tertiary/aromatic N) is 2. The molecule has 13 heavy (non-hydrogen) atoms. The Balaban J connectivity index is 2.35. The second kappa shape index (κ2) is 3.59. The van der Waals surface area contributed by atoms with Crippen molar-refractivity contribution in [2.24, 2.45) is 0 Å². The highest BCUT2D eigenvalue weighted by molar-refractivity contribution is 9.11. The molecule has 2 rings (SSSR count). The lowest BCUT2D eigenvalue weighted by atomic mass is 10.3. The maximum atomic E-state index is 4.33. The van der Waals surface area contributed by atoms with Crippen molar-refractivity contribution < 1.29 is 0 Å². The van der Waals surface area contributed by atoms with Crippen molar-refractivity contribution in [3.8, 4) is 11.4 Å². The molecule has 0 radical (unpaired) electrons. The minimum atomic E-state index is 0.777.